The van der Waals surface area contributed by atoms with E-state index in [0.717, 1.165) is 120 Å². The van der Waals surface area contributed by atoms with E-state index in [-0.39, 0.29) is 5.78 Å². The Labute approximate surface area is 471 Å². The Morgan fingerprint density at radius 1 is 0.727 bits per heavy atom. The van der Waals surface area contributed by atoms with Crippen molar-refractivity contribution in [2.24, 2.45) is 11.8 Å². The van der Waals surface area contributed by atoms with Crippen molar-refractivity contribution in [1.82, 2.24) is 4.90 Å². The maximum Gasteiger partial charge on any atom is 0.167 e. The predicted octanol–water partition coefficient (Wildman–Crippen LogP) is 19.7. The molecule has 2 fully saturated rings. The lowest BCUT2D eigenvalue weighted by Crippen LogP contribution is -2.36. The Morgan fingerprint density at radius 3 is 1.92 bits per heavy atom. The monoisotopic (exact) mass is 1040 g/mol. The van der Waals surface area contributed by atoms with Crippen molar-refractivity contribution in [3.05, 3.63) is 194 Å². The fourth-order valence-electron chi connectivity index (χ4n) is 10.3. The van der Waals surface area contributed by atoms with E-state index in [1.807, 2.05) is 31.2 Å². The fourth-order valence-corrected chi connectivity index (χ4v) is 10.3. The maximum absolute atomic E-state index is 13.9. The molecular formula is C74H101NO2. The molecule has 1 saturated heterocycles. The van der Waals surface area contributed by atoms with Crippen LogP contribution in [0.2, 0.25) is 0 Å². The lowest BCUT2D eigenvalue weighted by atomic mass is 9.83. The summed E-state index contributed by atoms with van der Waals surface area (Å²) >= 11 is 0. The van der Waals surface area contributed by atoms with Crippen molar-refractivity contribution in [3.63, 3.8) is 0 Å². The number of allylic oxidation sites excluding steroid dienone is 10. The molecule has 0 bridgehead atoms. The van der Waals surface area contributed by atoms with E-state index in [0.29, 0.717) is 6.42 Å². The van der Waals surface area contributed by atoms with Crippen LogP contribution in [0.25, 0.3) is 11.1 Å². The van der Waals surface area contributed by atoms with E-state index in [2.05, 4.69) is 172 Å². The molecule has 0 amide bonds. The molecule has 0 spiro atoms. The summed E-state index contributed by atoms with van der Waals surface area (Å²) < 4.78 is 5.75. The number of benzene rings is 4. The third kappa shape index (κ3) is 23.0. The van der Waals surface area contributed by atoms with Crippen LogP contribution in [0, 0.1) is 31.1 Å². The normalized spacial score (nSPS) is 16.1. The van der Waals surface area contributed by atoms with Gasteiger partial charge in [0.1, 0.15) is 5.75 Å². The van der Waals surface area contributed by atoms with E-state index in [4.69, 9.17) is 11.2 Å². The number of terminal acetylenes is 1. The number of fused-ring (bicyclic) bond motifs is 1. The molecule has 3 aliphatic rings. The van der Waals surface area contributed by atoms with Crippen LogP contribution in [0.1, 0.15) is 197 Å². The van der Waals surface area contributed by atoms with Crippen molar-refractivity contribution >= 4 is 16.9 Å². The van der Waals surface area contributed by atoms with Gasteiger partial charge in [0.05, 0.1) is 6.61 Å². The highest BCUT2D eigenvalue weighted by Gasteiger charge is 2.22. The first kappa shape index (κ1) is 63.8. The summed E-state index contributed by atoms with van der Waals surface area (Å²) in [6.45, 7) is 36.8. The second-order valence-corrected chi connectivity index (χ2v) is 22.5. The third-order valence-corrected chi connectivity index (χ3v) is 15.7. The molecule has 4 aromatic rings. The third-order valence-electron chi connectivity index (χ3n) is 15.7. The van der Waals surface area contributed by atoms with Crippen LogP contribution >= 0.6 is 0 Å². The van der Waals surface area contributed by atoms with Crippen molar-refractivity contribution in [2.75, 3.05) is 26.2 Å². The highest BCUT2D eigenvalue weighted by atomic mass is 16.5. The first-order valence-corrected chi connectivity index (χ1v) is 29.9. The zero-order chi connectivity index (χ0) is 56.1. The van der Waals surface area contributed by atoms with Gasteiger partial charge in [-0.15, -0.1) is 6.42 Å². The van der Waals surface area contributed by atoms with Gasteiger partial charge in [0.2, 0.25) is 0 Å². The Bertz CT molecular complexity index is 2630. The van der Waals surface area contributed by atoms with Gasteiger partial charge in [-0.1, -0.05) is 193 Å². The van der Waals surface area contributed by atoms with Crippen molar-refractivity contribution < 1.29 is 9.53 Å². The number of ketones is 1. The molecule has 0 radical (unpaired) electrons. The van der Waals surface area contributed by atoms with Gasteiger partial charge in [-0.25, -0.2) is 0 Å². The van der Waals surface area contributed by atoms with Gasteiger partial charge >= 0.3 is 0 Å². The topological polar surface area (TPSA) is 29.5 Å². The number of ether oxygens (including phenoxy) is 1. The van der Waals surface area contributed by atoms with Gasteiger partial charge in [-0.3, -0.25) is 4.79 Å². The minimum atomic E-state index is 0.126. The minimum absolute atomic E-state index is 0.126. The summed E-state index contributed by atoms with van der Waals surface area (Å²) in [6.07, 6.45) is 30.3. The smallest absolute Gasteiger partial charge is 0.167 e. The number of hydrogen-bond donors (Lipinski definition) is 0. The van der Waals surface area contributed by atoms with Gasteiger partial charge in [-0.2, -0.15) is 0 Å². The van der Waals surface area contributed by atoms with Crippen LogP contribution in [0.4, 0.5) is 0 Å². The summed E-state index contributed by atoms with van der Waals surface area (Å²) in [5.74, 6) is 5.80. The van der Waals surface area contributed by atoms with Gasteiger partial charge in [-0.05, 0) is 223 Å². The number of nitrogens with zero attached hydrogens (tertiary/aromatic N) is 1. The molecule has 7 rings (SSSR count). The number of rotatable bonds is 22. The van der Waals surface area contributed by atoms with Crippen molar-refractivity contribution in [1.29, 1.82) is 0 Å². The fraction of sp³-hybridized carbons (Fsp3) is 0.473. The molecule has 1 saturated carbocycles. The lowest BCUT2D eigenvalue weighted by molar-refractivity contribution is -0.114. The zero-order valence-corrected chi connectivity index (χ0v) is 50.3. The first-order valence-electron chi connectivity index (χ1n) is 29.9. The molecular weight excluding hydrogens is 935 g/mol. The minimum Gasteiger partial charge on any atom is -0.494 e. The predicted molar refractivity (Wildman–Crippen MR) is 337 cm³/mol. The molecule has 1 atom stereocenters. The summed E-state index contributed by atoms with van der Waals surface area (Å²) in [4.78, 5) is 16.6. The molecule has 3 heteroatoms. The van der Waals surface area contributed by atoms with Gasteiger partial charge in [0.15, 0.2) is 5.78 Å². The van der Waals surface area contributed by atoms with Gasteiger partial charge < -0.3 is 9.64 Å². The van der Waals surface area contributed by atoms with Crippen LogP contribution in [-0.4, -0.2) is 36.9 Å². The maximum atomic E-state index is 13.9. The molecule has 77 heavy (non-hydrogen) atoms. The number of carbonyl (C=O) groups is 1. The highest BCUT2D eigenvalue weighted by molar-refractivity contribution is 6.02. The van der Waals surface area contributed by atoms with E-state index in [1.54, 1.807) is 11.1 Å². The molecule has 3 nitrogen and oxygen atoms in total. The SMILES string of the molecule is C#C/C(C)=C/C(CC(=O)C(/C=C(\C)c1cc(CCC)c(CCC(=C)Cc2ccc(OCCC)cc2)cc1C(=C)C)=C(\C)CC)=C(/C)CC.CCC1CC1.Cc1ccccc1.c1ccc2c(c1)CCC(CN1CCCCC1)C2. The van der Waals surface area contributed by atoms with Crippen LogP contribution < -0.4 is 4.74 Å². The molecule has 1 heterocycles. The average Bonchev–Trinajstić information content (AvgIpc) is 4.30. The number of piperidine rings is 1. The summed E-state index contributed by atoms with van der Waals surface area (Å²) in [7, 11) is 0. The van der Waals surface area contributed by atoms with Crippen LogP contribution in [0.5, 0.6) is 5.75 Å². The van der Waals surface area contributed by atoms with Crippen molar-refractivity contribution in [3.8, 4) is 18.1 Å². The number of likely N-dealkylation sites (tertiary alicyclic amines) is 1. The number of aryl methyl sites for hydroxylation is 4. The van der Waals surface area contributed by atoms with E-state index < -0.39 is 0 Å². The van der Waals surface area contributed by atoms with Crippen molar-refractivity contribution in [2.45, 2.75) is 192 Å². The Hall–Kier alpha value is -5.69. The van der Waals surface area contributed by atoms with E-state index >= 15 is 0 Å². The molecule has 0 aromatic heterocycles. The number of Topliss-reactive ketones (excluding diaryl/α,β-unsaturated/α-hetero) is 1. The summed E-state index contributed by atoms with van der Waals surface area (Å²) in [5, 5.41) is 0. The van der Waals surface area contributed by atoms with Gasteiger partial charge in [0.25, 0.3) is 0 Å². The van der Waals surface area contributed by atoms with Gasteiger partial charge in [0, 0.05) is 18.5 Å². The molecule has 2 aliphatic carbocycles. The second-order valence-electron chi connectivity index (χ2n) is 22.5. The average molecular weight is 1040 g/mol. The van der Waals surface area contributed by atoms with Crippen LogP contribution in [0.3, 0.4) is 0 Å². The summed E-state index contributed by atoms with van der Waals surface area (Å²) in [5.41, 5.74) is 19.0. The zero-order valence-electron chi connectivity index (χ0n) is 50.3. The van der Waals surface area contributed by atoms with E-state index in [1.165, 1.54) is 111 Å². The molecule has 1 aliphatic heterocycles. The highest BCUT2D eigenvalue weighted by Crippen LogP contribution is 2.33. The second kappa shape index (κ2) is 34.9. The Balaban J connectivity index is 0.000000348. The van der Waals surface area contributed by atoms with Crippen LogP contribution in [0.15, 0.2) is 150 Å². The molecule has 0 N–H and O–H groups in total. The molecule has 4 aromatic carbocycles. The first-order chi connectivity index (χ1) is 37.1. The summed E-state index contributed by atoms with van der Waals surface area (Å²) in [6, 6.07) is 32.4. The number of carbonyl (C=O) groups excluding carboxylic acids is 1. The van der Waals surface area contributed by atoms with Crippen LogP contribution in [-0.2, 0) is 36.9 Å². The molecule has 1 unspecified atom stereocenters. The van der Waals surface area contributed by atoms with E-state index in [9.17, 15) is 4.79 Å². The quantitative estimate of drug-likeness (QED) is 0.0340. The molecule has 414 valence electrons. The lowest BCUT2D eigenvalue weighted by Gasteiger charge is -2.32. The Morgan fingerprint density at radius 2 is 1.36 bits per heavy atom. The largest absolute Gasteiger partial charge is 0.494 e. The Kier molecular flexibility index (Phi) is 29.0. The standard InChI is InChI=1S/C46H60O2.C16H23N.C7H8.C5H10/c1-13-18-39-30-44(37(12)28-45(36(11)17-5)46(47)31-41(35(10)16-4)27-33(8)15-3)43(32(6)7)29-40(39)22-19-34(9)26-38-20-23-42(24-21-38)48-25-14-2;1-4-10-17(11-5-1)13-14-8-9-15-6-2-3-7-16(15)12-14;1-7-5-3-2-4-6-7;1-2-5-3-4-5/h3,20-21,23-24,27-30H,6,9,13-14,16-19,22,25-26,31H2,1-2,4-5,7-8,10-12H3;2-3,6-7,14H,1,4-5,8-13H2;2-6H,1H3;5H,2-4H2,1H3/b33-27+,37-28+,41-35+,45-36+;;;. The number of hydrogen-bond acceptors (Lipinski definition) is 3.